The lowest BCUT2D eigenvalue weighted by atomic mass is 10.1. The van der Waals surface area contributed by atoms with Crippen molar-refractivity contribution >= 4 is 21.9 Å². The minimum Gasteiger partial charge on any atom is -0.481 e. The van der Waals surface area contributed by atoms with E-state index in [0.717, 1.165) is 0 Å². The molecule has 0 aliphatic rings. The monoisotopic (exact) mass is 180 g/mol. The Morgan fingerprint density at radius 3 is 2.00 bits per heavy atom. The average Bonchev–Trinajstić information content (AvgIpc) is 1.64. The van der Waals surface area contributed by atoms with Crippen molar-refractivity contribution in [1.82, 2.24) is 0 Å². The zero-order valence-corrected chi connectivity index (χ0v) is 6.47. The Bertz CT molecular complexity index is 90.4. The molecule has 0 aromatic carbocycles. The molecule has 0 heterocycles. The number of carboxylic acid groups (broad SMARTS) is 1. The lowest BCUT2D eigenvalue weighted by molar-refractivity contribution is -0.140. The molecule has 0 bridgehead atoms. The van der Waals surface area contributed by atoms with Crippen LogP contribution in [0.4, 0.5) is 0 Å². The van der Waals surface area contributed by atoms with Gasteiger partial charge in [0.2, 0.25) is 0 Å². The standard InChI is InChI=1S/C5H9BrO2/c1-3(4(2)6)5(7)8/h3-4H,1-2H3,(H,7,8). The number of hydrogen-bond acceptors (Lipinski definition) is 1. The van der Waals surface area contributed by atoms with Crippen molar-refractivity contribution in [3.63, 3.8) is 0 Å². The van der Waals surface area contributed by atoms with Gasteiger partial charge in [-0.05, 0) is 0 Å². The lowest BCUT2D eigenvalue weighted by Crippen LogP contribution is -2.17. The second-order valence-corrected chi connectivity index (χ2v) is 3.25. The van der Waals surface area contributed by atoms with Crippen LogP contribution < -0.4 is 0 Å². The molecule has 0 rings (SSSR count). The fourth-order valence-corrected chi connectivity index (χ4v) is 0.423. The van der Waals surface area contributed by atoms with Gasteiger partial charge in [-0.25, -0.2) is 0 Å². The van der Waals surface area contributed by atoms with Gasteiger partial charge >= 0.3 is 5.97 Å². The van der Waals surface area contributed by atoms with E-state index in [0.29, 0.717) is 0 Å². The summed E-state index contributed by atoms with van der Waals surface area (Å²) < 4.78 is 0. The minimum absolute atomic E-state index is 0.0556. The second-order valence-electron chi connectivity index (χ2n) is 1.80. The zero-order valence-electron chi connectivity index (χ0n) is 4.89. The van der Waals surface area contributed by atoms with Crippen molar-refractivity contribution in [3.8, 4) is 0 Å². The van der Waals surface area contributed by atoms with Crippen LogP contribution in [0.15, 0.2) is 0 Å². The summed E-state index contributed by atoms with van der Waals surface area (Å²) in [5.74, 6) is -1.05. The highest BCUT2D eigenvalue weighted by Gasteiger charge is 2.15. The summed E-state index contributed by atoms with van der Waals surface area (Å²) in [5.41, 5.74) is 0. The number of carboxylic acids is 1. The Labute approximate surface area is 57.0 Å². The van der Waals surface area contributed by atoms with E-state index in [2.05, 4.69) is 15.9 Å². The molecule has 0 saturated heterocycles. The van der Waals surface area contributed by atoms with Gasteiger partial charge in [-0.2, -0.15) is 0 Å². The molecule has 0 amide bonds. The van der Waals surface area contributed by atoms with E-state index in [1.807, 2.05) is 6.92 Å². The fourth-order valence-electron chi connectivity index (χ4n) is 0.196. The van der Waals surface area contributed by atoms with Crippen molar-refractivity contribution < 1.29 is 9.90 Å². The predicted molar refractivity (Wildman–Crippen MR) is 35.2 cm³/mol. The van der Waals surface area contributed by atoms with E-state index in [9.17, 15) is 4.79 Å². The highest BCUT2D eigenvalue weighted by Crippen LogP contribution is 2.10. The molecule has 8 heavy (non-hydrogen) atoms. The van der Waals surface area contributed by atoms with Crippen LogP contribution in [0.5, 0.6) is 0 Å². The normalized spacial score (nSPS) is 17.4. The maximum Gasteiger partial charge on any atom is 0.307 e. The first kappa shape index (κ1) is 7.95. The molecule has 0 aromatic heterocycles. The van der Waals surface area contributed by atoms with E-state index < -0.39 is 5.97 Å². The second kappa shape index (κ2) is 3.07. The quantitative estimate of drug-likeness (QED) is 0.655. The third-order valence-corrected chi connectivity index (χ3v) is 1.87. The molecule has 0 radical (unpaired) electrons. The predicted octanol–water partition coefficient (Wildman–Crippen LogP) is 1.49. The van der Waals surface area contributed by atoms with Gasteiger partial charge in [-0.15, -0.1) is 0 Å². The van der Waals surface area contributed by atoms with Crippen molar-refractivity contribution in [3.05, 3.63) is 0 Å². The molecule has 0 aliphatic carbocycles. The summed E-state index contributed by atoms with van der Waals surface area (Å²) in [6.45, 7) is 3.49. The molecule has 0 fully saturated rings. The molecule has 48 valence electrons. The summed E-state index contributed by atoms with van der Waals surface area (Å²) >= 11 is 3.16. The third kappa shape index (κ3) is 2.31. The Hall–Kier alpha value is -0.0500. The number of carbonyl (C=O) groups is 1. The molecule has 0 aromatic rings. The minimum atomic E-state index is -0.755. The highest BCUT2D eigenvalue weighted by molar-refractivity contribution is 9.09. The number of halogens is 1. The van der Waals surface area contributed by atoms with Gasteiger partial charge in [0.25, 0.3) is 0 Å². The van der Waals surface area contributed by atoms with Crippen LogP contribution in [0.3, 0.4) is 0 Å². The summed E-state index contributed by atoms with van der Waals surface area (Å²) in [6.07, 6.45) is 0. The largest absolute Gasteiger partial charge is 0.481 e. The number of rotatable bonds is 2. The van der Waals surface area contributed by atoms with Crippen LogP contribution in [-0.4, -0.2) is 15.9 Å². The molecule has 2 unspecified atom stereocenters. The number of hydrogen-bond donors (Lipinski definition) is 1. The Morgan fingerprint density at radius 1 is 1.62 bits per heavy atom. The molecular formula is C5H9BrO2. The van der Waals surface area contributed by atoms with E-state index in [1.165, 1.54) is 0 Å². The van der Waals surface area contributed by atoms with Gasteiger partial charge in [-0.3, -0.25) is 4.79 Å². The zero-order chi connectivity index (χ0) is 6.73. The Kier molecular flexibility index (Phi) is 3.05. The van der Waals surface area contributed by atoms with Crippen LogP contribution in [-0.2, 0) is 4.79 Å². The lowest BCUT2D eigenvalue weighted by Gasteiger charge is -2.05. The maximum atomic E-state index is 10.1. The maximum absolute atomic E-state index is 10.1. The molecule has 0 saturated carbocycles. The number of aliphatic carboxylic acids is 1. The van der Waals surface area contributed by atoms with Crippen molar-refractivity contribution in [1.29, 1.82) is 0 Å². The molecule has 3 heteroatoms. The van der Waals surface area contributed by atoms with Crippen molar-refractivity contribution in [2.75, 3.05) is 0 Å². The van der Waals surface area contributed by atoms with Gasteiger partial charge in [0.05, 0.1) is 5.92 Å². The van der Waals surface area contributed by atoms with Crippen LogP contribution in [0, 0.1) is 5.92 Å². The SMILES string of the molecule is CC(Br)C(C)C(=O)O. The molecule has 0 spiro atoms. The molecule has 0 aliphatic heterocycles. The van der Waals surface area contributed by atoms with E-state index in [-0.39, 0.29) is 10.7 Å². The Balaban J connectivity index is 3.64. The van der Waals surface area contributed by atoms with E-state index >= 15 is 0 Å². The van der Waals surface area contributed by atoms with Gasteiger partial charge in [0.1, 0.15) is 0 Å². The first-order valence-electron chi connectivity index (χ1n) is 2.42. The van der Waals surface area contributed by atoms with E-state index in [1.54, 1.807) is 6.92 Å². The molecular weight excluding hydrogens is 172 g/mol. The third-order valence-electron chi connectivity index (χ3n) is 1.08. The summed E-state index contributed by atoms with van der Waals surface area (Å²) in [6, 6.07) is 0. The topological polar surface area (TPSA) is 37.3 Å². The first-order chi connectivity index (χ1) is 3.55. The molecule has 2 atom stereocenters. The van der Waals surface area contributed by atoms with Gasteiger partial charge in [-0.1, -0.05) is 29.8 Å². The van der Waals surface area contributed by atoms with Crippen LogP contribution >= 0.6 is 15.9 Å². The van der Waals surface area contributed by atoms with Crippen LogP contribution in [0.1, 0.15) is 13.8 Å². The number of alkyl halides is 1. The first-order valence-corrected chi connectivity index (χ1v) is 3.34. The highest BCUT2D eigenvalue weighted by atomic mass is 79.9. The van der Waals surface area contributed by atoms with Gasteiger partial charge in [0, 0.05) is 4.83 Å². The van der Waals surface area contributed by atoms with Crippen molar-refractivity contribution in [2.24, 2.45) is 5.92 Å². The summed E-state index contributed by atoms with van der Waals surface area (Å²) in [5, 5.41) is 8.32. The summed E-state index contributed by atoms with van der Waals surface area (Å²) in [4.78, 5) is 10.2. The molecule has 2 nitrogen and oxygen atoms in total. The summed E-state index contributed by atoms with van der Waals surface area (Å²) in [7, 11) is 0. The average molecular weight is 181 g/mol. The van der Waals surface area contributed by atoms with E-state index in [4.69, 9.17) is 5.11 Å². The molecule has 1 N–H and O–H groups in total. The fraction of sp³-hybridized carbons (Fsp3) is 0.800. The van der Waals surface area contributed by atoms with Gasteiger partial charge < -0.3 is 5.11 Å². The van der Waals surface area contributed by atoms with Crippen molar-refractivity contribution in [2.45, 2.75) is 18.7 Å². The smallest absolute Gasteiger partial charge is 0.307 e. The van der Waals surface area contributed by atoms with Crippen LogP contribution in [0.25, 0.3) is 0 Å². The van der Waals surface area contributed by atoms with Crippen LogP contribution in [0.2, 0.25) is 0 Å². The Morgan fingerprint density at radius 2 is 2.00 bits per heavy atom. The van der Waals surface area contributed by atoms with Gasteiger partial charge in [0.15, 0.2) is 0 Å².